The molecule has 0 bridgehead atoms. The molecule has 21 heavy (non-hydrogen) atoms. The van der Waals surface area contributed by atoms with Gasteiger partial charge in [-0.05, 0) is 25.3 Å². The summed E-state index contributed by atoms with van der Waals surface area (Å²) in [5.41, 5.74) is 2.85. The standard InChI is InChI=1S/C17H21N3O/c1-13-16(19(2)12-18-13)17(21)20-10-6-9-15(11-20)14-7-4-3-5-8-14/h3-5,7-8,12,15H,6,9-11H2,1-2H3/t15-/m1/s1. The Kier molecular flexibility index (Phi) is 3.78. The molecule has 110 valence electrons. The number of benzene rings is 1. The van der Waals surface area contributed by atoms with E-state index < -0.39 is 0 Å². The van der Waals surface area contributed by atoms with Gasteiger partial charge in [0.1, 0.15) is 5.69 Å². The molecule has 2 heterocycles. The number of hydrogen-bond donors (Lipinski definition) is 0. The van der Waals surface area contributed by atoms with Gasteiger partial charge in [0, 0.05) is 26.1 Å². The van der Waals surface area contributed by atoms with Crippen LogP contribution < -0.4 is 0 Å². The Hall–Kier alpha value is -2.10. The largest absolute Gasteiger partial charge is 0.337 e. The number of nitrogens with zero attached hydrogens (tertiary/aromatic N) is 3. The average molecular weight is 283 g/mol. The lowest BCUT2D eigenvalue weighted by Gasteiger charge is -2.33. The van der Waals surface area contributed by atoms with Crippen LogP contribution in [0.15, 0.2) is 36.7 Å². The Bertz CT molecular complexity index is 613. The fourth-order valence-corrected chi connectivity index (χ4v) is 3.16. The van der Waals surface area contributed by atoms with Crippen molar-refractivity contribution in [2.45, 2.75) is 25.7 Å². The first kappa shape index (κ1) is 13.9. The van der Waals surface area contributed by atoms with Gasteiger partial charge in [0.05, 0.1) is 12.0 Å². The van der Waals surface area contributed by atoms with E-state index in [0.717, 1.165) is 31.6 Å². The molecule has 1 amide bonds. The predicted octanol–water partition coefficient (Wildman–Crippen LogP) is 2.75. The van der Waals surface area contributed by atoms with E-state index in [9.17, 15) is 4.79 Å². The van der Waals surface area contributed by atoms with Gasteiger partial charge in [-0.25, -0.2) is 4.98 Å². The second-order valence-electron chi connectivity index (χ2n) is 5.79. The highest BCUT2D eigenvalue weighted by molar-refractivity contribution is 5.93. The molecule has 2 aromatic rings. The number of rotatable bonds is 2. The predicted molar refractivity (Wildman–Crippen MR) is 82.3 cm³/mol. The molecule has 1 fully saturated rings. The molecule has 1 aliphatic heterocycles. The van der Waals surface area contributed by atoms with Gasteiger partial charge in [-0.1, -0.05) is 30.3 Å². The molecule has 1 saturated heterocycles. The molecule has 1 atom stereocenters. The van der Waals surface area contributed by atoms with Gasteiger partial charge in [0.2, 0.25) is 0 Å². The van der Waals surface area contributed by atoms with Gasteiger partial charge in [0.15, 0.2) is 0 Å². The normalized spacial score (nSPS) is 18.8. The Morgan fingerprint density at radius 3 is 2.71 bits per heavy atom. The van der Waals surface area contributed by atoms with Crippen LogP contribution in [0.1, 0.15) is 40.5 Å². The van der Waals surface area contributed by atoms with Crippen LogP contribution in [0.25, 0.3) is 0 Å². The molecule has 1 aliphatic rings. The summed E-state index contributed by atoms with van der Waals surface area (Å²) in [7, 11) is 1.88. The zero-order valence-electron chi connectivity index (χ0n) is 12.6. The number of piperidine rings is 1. The first-order valence-electron chi connectivity index (χ1n) is 7.49. The van der Waals surface area contributed by atoms with Crippen LogP contribution in [-0.2, 0) is 7.05 Å². The van der Waals surface area contributed by atoms with E-state index in [0.29, 0.717) is 11.6 Å². The summed E-state index contributed by atoms with van der Waals surface area (Å²) >= 11 is 0. The lowest BCUT2D eigenvalue weighted by molar-refractivity contribution is 0.0696. The lowest BCUT2D eigenvalue weighted by Crippen LogP contribution is -2.40. The maximum atomic E-state index is 12.7. The van der Waals surface area contributed by atoms with Crippen molar-refractivity contribution in [1.29, 1.82) is 0 Å². The summed E-state index contributed by atoms with van der Waals surface area (Å²) < 4.78 is 1.82. The number of amides is 1. The molecular formula is C17H21N3O. The van der Waals surface area contributed by atoms with Crippen LogP contribution in [0.5, 0.6) is 0 Å². The smallest absolute Gasteiger partial charge is 0.272 e. The maximum absolute atomic E-state index is 12.7. The second-order valence-corrected chi connectivity index (χ2v) is 5.79. The number of carbonyl (C=O) groups excluding carboxylic acids is 1. The zero-order chi connectivity index (χ0) is 14.8. The summed E-state index contributed by atoms with van der Waals surface area (Å²) in [6, 6.07) is 10.5. The van der Waals surface area contributed by atoms with E-state index in [2.05, 4.69) is 29.2 Å². The lowest BCUT2D eigenvalue weighted by atomic mass is 9.90. The van der Waals surface area contributed by atoms with Crippen LogP contribution in [0.3, 0.4) is 0 Å². The van der Waals surface area contributed by atoms with Crippen molar-refractivity contribution in [3.8, 4) is 0 Å². The van der Waals surface area contributed by atoms with Gasteiger partial charge in [-0.2, -0.15) is 0 Å². The van der Waals surface area contributed by atoms with Gasteiger partial charge in [-0.15, -0.1) is 0 Å². The molecule has 0 N–H and O–H groups in total. The number of likely N-dealkylation sites (tertiary alicyclic amines) is 1. The number of aromatic nitrogens is 2. The molecular weight excluding hydrogens is 262 g/mol. The third-order valence-corrected chi connectivity index (χ3v) is 4.30. The monoisotopic (exact) mass is 283 g/mol. The molecule has 0 radical (unpaired) electrons. The van der Waals surface area contributed by atoms with Gasteiger partial charge in [-0.3, -0.25) is 4.79 Å². The summed E-state index contributed by atoms with van der Waals surface area (Å²) in [4.78, 5) is 18.9. The SMILES string of the molecule is Cc1ncn(C)c1C(=O)N1CCC[C@@H](c2ccccc2)C1. The number of carbonyl (C=O) groups is 1. The highest BCUT2D eigenvalue weighted by Gasteiger charge is 2.27. The molecule has 4 nitrogen and oxygen atoms in total. The van der Waals surface area contributed by atoms with E-state index in [1.807, 2.05) is 29.5 Å². The van der Waals surface area contributed by atoms with Crippen molar-refractivity contribution >= 4 is 5.91 Å². The first-order chi connectivity index (χ1) is 10.2. The molecule has 1 aromatic carbocycles. The highest BCUT2D eigenvalue weighted by Crippen LogP contribution is 2.27. The van der Waals surface area contributed by atoms with Crippen LogP contribution in [0.2, 0.25) is 0 Å². The van der Waals surface area contributed by atoms with Crippen LogP contribution >= 0.6 is 0 Å². The molecule has 4 heteroatoms. The van der Waals surface area contributed by atoms with Crippen molar-refractivity contribution in [1.82, 2.24) is 14.5 Å². The quantitative estimate of drug-likeness (QED) is 0.850. The van der Waals surface area contributed by atoms with Crippen molar-refractivity contribution in [2.75, 3.05) is 13.1 Å². The Balaban J connectivity index is 1.79. The minimum Gasteiger partial charge on any atom is -0.337 e. The van der Waals surface area contributed by atoms with E-state index in [4.69, 9.17) is 0 Å². The Morgan fingerprint density at radius 1 is 1.29 bits per heavy atom. The minimum absolute atomic E-state index is 0.105. The van der Waals surface area contributed by atoms with Crippen LogP contribution in [0.4, 0.5) is 0 Å². The number of aryl methyl sites for hydroxylation is 2. The van der Waals surface area contributed by atoms with Crippen LogP contribution in [-0.4, -0.2) is 33.4 Å². The topological polar surface area (TPSA) is 38.1 Å². The summed E-state index contributed by atoms with van der Waals surface area (Å²) in [6.07, 6.45) is 3.92. The Morgan fingerprint density at radius 2 is 2.05 bits per heavy atom. The summed E-state index contributed by atoms with van der Waals surface area (Å²) in [6.45, 7) is 3.53. The van der Waals surface area contributed by atoms with E-state index in [1.165, 1.54) is 5.56 Å². The summed E-state index contributed by atoms with van der Waals surface area (Å²) in [5.74, 6) is 0.547. The molecule has 0 saturated carbocycles. The molecule has 0 aliphatic carbocycles. The van der Waals surface area contributed by atoms with Crippen molar-refractivity contribution < 1.29 is 4.79 Å². The van der Waals surface area contributed by atoms with E-state index >= 15 is 0 Å². The summed E-state index contributed by atoms with van der Waals surface area (Å²) in [5, 5.41) is 0. The van der Waals surface area contributed by atoms with Crippen molar-refractivity contribution in [3.63, 3.8) is 0 Å². The van der Waals surface area contributed by atoms with E-state index in [1.54, 1.807) is 6.33 Å². The maximum Gasteiger partial charge on any atom is 0.272 e. The fourth-order valence-electron chi connectivity index (χ4n) is 3.16. The van der Waals surface area contributed by atoms with Gasteiger partial charge >= 0.3 is 0 Å². The molecule has 0 spiro atoms. The third-order valence-electron chi connectivity index (χ3n) is 4.30. The first-order valence-corrected chi connectivity index (χ1v) is 7.49. The fraction of sp³-hybridized carbons (Fsp3) is 0.412. The highest BCUT2D eigenvalue weighted by atomic mass is 16.2. The molecule has 0 unspecified atom stereocenters. The number of imidazole rings is 1. The third kappa shape index (κ3) is 2.71. The second kappa shape index (κ2) is 5.72. The molecule has 3 rings (SSSR count). The van der Waals surface area contributed by atoms with Crippen molar-refractivity contribution in [3.05, 3.63) is 53.6 Å². The van der Waals surface area contributed by atoms with Crippen molar-refractivity contribution in [2.24, 2.45) is 7.05 Å². The zero-order valence-corrected chi connectivity index (χ0v) is 12.6. The minimum atomic E-state index is 0.105. The van der Waals surface area contributed by atoms with Crippen LogP contribution in [0, 0.1) is 6.92 Å². The molecule has 1 aromatic heterocycles. The van der Waals surface area contributed by atoms with Gasteiger partial charge in [0.25, 0.3) is 5.91 Å². The van der Waals surface area contributed by atoms with E-state index in [-0.39, 0.29) is 5.91 Å². The average Bonchev–Trinajstić information content (AvgIpc) is 2.86. The van der Waals surface area contributed by atoms with Gasteiger partial charge < -0.3 is 9.47 Å². The Labute approximate surface area is 125 Å². The number of hydrogen-bond acceptors (Lipinski definition) is 2.